The van der Waals surface area contributed by atoms with Crippen molar-refractivity contribution in [2.45, 2.75) is 25.3 Å². The number of carbonyl (C=O) groups excluding carboxylic acids is 1. The molecule has 0 radical (unpaired) electrons. The molecule has 0 bridgehead atoms. The number of benzene rings is 2. The highest BCUT2D eigenvalue weighted by Gasteiger charge is 2.34. The van der Waals surface area contributed by atoms with Crippen molar-refractivity contribution in [2.75, 3.05) is 23.4 Å². The van der Waals surface area contributed by atoms with Crippen LogP contribution in [0.2, 0.25) is 0 Å². The summed E-state index contributed by atoms with van der Waals surface area (Å²) in [6.07, 6.45) is 3.34. The summed E-state index contributed by atoms with van der Waals surface area (Å²) in [6.45, 7) is 0.400. The highest BCUT2D eigenvalue weighted by atomic mass is 32.2. The molecule has 3 rings (SSSR count). The maximum atomic E-state index is 12.6. The van der Waals surface area contributed by atoms with Crippen molar-refractivity contribution in [2.24, 2.45) is 0 Å². The van der Waals surface area contributed by atoms with E-state index in [1.54, 1.807) is 12.1 Å². The molecule has 1 atom stereocenters. The van der Waals surface area contributed by atoms with Gasteiger partial charge in [0.1, 0.15) is 6.04 Å². The van der Waals surface area contributed by atoms with Gasteiger partial charge in [-0.1, -0.05) is 24.6 Å². The van der Waals surface area contributed by atoms with Crippen LogP contribution >= 0.6 is 0 Å². The first-order chi connectivity index (χ1) is 12.4. The summed E-state index contributed by atoms with van der Waals surface area (Å²) >= 11 is 0. The van der Waals surface area contributed by atoms with E-state index in [0.717, 1.165) is 30.5 Å². The number of hydrogen-bond donors (Lipinski definition) is 2. The number of piperidine rings is 1. The maximum absolute atomic E-state index is 12.6. The fourth-order valence-corrected chi connectivity index (χ4v) is 4.24. The van der Waals surface area contributed by atoms with E-state index in [4.69, 9.17) is 0 Å². The number of amides is 1. The topological polar surface area (TPSA) is 78.5 Å². The predicted molar refractivity (Wildman–Crippen MR) is 104 cm³/mol. The Labute approximate surface area is 154 Å². The molecule has 1 aliphatic heterocycles. The number of nitrogens with zero attached hydrogens (tertiary/aromatic N) is 1. The maximum Gasteiger partial charge on any atom is 0.242 e. The summed E-state index contributed by atoms with van der Waals surface area (Å²) in [5, 5.41) is 6.11. The molecule has 0 unspecified atom stereocenters. The molecule has 1 heterocycles. The first kappa shape index (κ1) is 18.4. The van der Waals surface area contributed by atoms with Gasteiger partial charge in [-0.15, -0.1) is 0 Å². The summed E-state index contributed by atoms with van der Waals surface area (Å²) in [7, 11) is -3.39. The minimum Gasteiger partial charge on any atom is -0.356 e. The third-order valence-corrected chi connectivity index (χ3v) is 5.69. The van der Waals surface area contributed by atoms with E-state index in [1.807, 2.05) is 42.5 Å². The van der Waals surface area contributed by atoms with Gasteiger partial charge in [0.25, 0.3) is 0 Å². The van der Waals surface area contributed by atoms with Gasteiger partial charge in [-0.05, 0) is 49.2 Å². The lowest BCUT2D eigenvalue weighted by atomic mass is 10.0. The minimum absolute atomic E-state index is 0.279. The first-order valence-electron chi connectivity index (χ1n) is 8.63. The van der Waals surface area contributed by atoms with Crippen LogP contribution in [0.4, 0.5) is 17.1 Å². The second-order valence-electron chi connectivity index (χ2n) is 6.44. The molecule has 0 saturated carbocycles. The van der Waals surface area contributed by atoms with Crippen molar-refractivity contribution in [3.8, 4) is 0 Å². The Morgan fingerprint density at radius 3 is 2.23 bits per heavy atom. The van der Waals surface area contributed by atoms with Crippen LogP contribution in [0.1, 0.15) is 19.3 Å². The van der Waals surface area contributed by atoms with Crippen LogP contribution in [0, 0.1) is 0 Å². The molecular formula is C19H23N3O3S. The smallest absolute Gasteiger partial charge is 0.242 e. The summed E-state index contributed by atoms with van der Waals surface area (Å²) in [4.78, 5) is 12.6. The molecule has 7 heteroatoms. The standard InChI is InChI=1S/C19H23N3O3S/c1-26(24,25)22-14-6-5-9-18(22)19(23)21-17-12-10-16(11-13-17)20-15-7-3-2-4-8-15/h2-4,7-8,10-13,18,20H,5-6,9,14H2,1H3,(H,21,23)/t18-/m1/s1. The Morgan fingerprint density at radius 2 is 1.58 bits per heavy atom. The van der Waals surface area contributed by atoms with Gasteiger partial charge in [-0.25, -0.2) is 8.42 Å². The first-order valence-corrected chi connectivity index (χ1v) is 10.5. The summed E-state index contributed by atoms with van der Waals surface area (Å²) in [5.41, 5.74) is 2.53. The van der Waals surface area contributed by atoms with Crippen molar-refractivity contribution in [3.63, 3.8) is 0 Å². The molecule has 2 aromatic carbocycles. The van der Waals surface area contributed by atoms with E-state index in [9.17, 15) is 13.2 Å². The molecule has 1 aliphatic rings. The Kier molecular flexibility index (Phi) is 5.58. The molecule has 1 amide bonds. The zero-order valence-electron chi connectivity index (χ0n) is 14.7. The quantitative estimate of drug-likeness (QED) is 0.844. The molecule has 0 spiro atoms. The van der Waals surface area contributed by atoms with E-state index >= 15 is 0 Å². The molecule has 1 saturated heterocycles. The van der Waals surface area contributed by atoms with Crippen LogP contribution < -0.4 is 10.6 Å². The number of anilines is 3. The van der Waals surface area contributed by atoms with Crippen molar-refractivity contribution in [3.05, 3.63) is 54.6 Å². The normalized spacial score (nSPS) is 18.3. The van der Waals surface area contributed by atoms with Crippen molar-refractivity contribution in [1.82, 2.24) is 4.31 Å². The van der Waals surface area contributed by atoms with E-state index < -0.39 is 16.1 Å². The van der Waals surface area contributed by atoms with Crippen molar-refractivity contribution < 1.29 is 13.2 Å². The summed E-state index contributed by atoms with van der Waals surface area (Å²) in [5.74, 6) is -0.279. The Bertz CT molecular complexity index is 851. The Morgan fingerprint density at radius 1 is 0.962 bits per heavy atom. The van der Waals surface area contributed by atoms with Crippen LogP contribution in [0.15, 0.2) is 54.6 Å². The third-order valence-electron chi connectivity index (χ3n) is 4.40. The number of para-hydroxylation sites is 1. The fourth-order valence-electron chi connectivity index (χ4n) is 3.11. The number of hydrogen-bond acceptors (Lipinski definition) is 4. The lowest BCUT2D eigenvalue weighted by Gasteiger charge is -2.32. The van der Waals surface area contributed by atoms with Crippen molar-refractivity contribution >= 4 is 33.0 Å². The lowest BCUT2D eigenvalue weighted by Crippen LogP contribution is -2.49. The third kappa shape index (κ3) is 4.62. The monoisotopic (exact) mass is 373 g/mol. The van der Waals surface area contributed by atoms with Crippen LogP contribution in [-0.2, 0) is 14.8 Å². The highest BCUT2D eigenvalue weighted by molar-refractivity contribution is 7.88. The van der Waals surface area contributed by atoms with Gasteiger partial charge in [-0.2, -0.15) is 4.31 Å². The lowest BCUT2D eigenvalue weighted by molar-refractivity contribution is -0.120. The predicted octanol–water partition coefficient (Wildman–Crippen LogP) is 3.18. The Balaban J connectivity index is 1.65. The van der Waals surface area contributed by atoms with Gasteiger partial charge in [0.05, 0.1) is 6.26 Å². The van der Waals surface area contributed by atoms with Gasteiger partial charge in [-0.3, -0.25) is 4.79 Å². The Hall–Kier alpha value is -2.38. The van der Waals surface area contributed by atoms with Gasteiger partial charge in [0, 0.05) is 23.6 Å². The largest absolute Gasteiger partial charge is 0.356 e. The number of carbonyl (C=O) groups is 1. The summed E-state index contributed by atoms with van der Waals surface area (Å²) < 4.78 is 25.1. The van der Waals surface area contributed by atoms with Gasteiger partial charge in [0.2, 0.25) is 15.9 Å². The molecule has 2 aromatic rings. The SMILES string of the molecule is CS(=O)(=O)N1CCCC[C@@H]1C(=O)Nc1ccc(Nc2ccccc2)cc1. The molecule has 0 aromatic heterocycles. The number of rotatable bonds is 5. The zero-order chi connectivity index (χ0) is 18.6. The second-order valence-corrected chi connectivity index (χ2v) is 8.38. The van der Waals surface area contributed by atoms with Crippen LogP contribution in [0.3, 0.4) is 0 Å². The zero-order valence-corrected chi connectivity index (χ0v) is 15.5. The fraction of sp³-hybridized carbons (Fsp3) is 0.316. The molecular weight excluding hydrogens is 350 g/mol. The van der Waals surface area contributed by atoms with Crippen LogP contribution in [0.5, 0.6) is 0 Å². The second kappa shape index (κ2) is 7.88. The molecule has 1 fully saturated rings. The minimum atomic E-state index is -3.39. The number of nitrogens with one attached hydrogen (secondary N) is 2. The van der Waals surface area contributed by atoms with Crippen LogP contribution in [-0.4, -0.2) is 37.5 Å². The number of sulfonamides is 1. The molecule has 6 nitrogen and oxygen atoms in total. The average Bonchev–Trinajstić information content (AvgIpc) is 2.63. The van der Waals surface area contributed by atoms with Crippen molar-refractivity contribution in [1.29, 1.82) is 0 Å². The van der Waals surface area contributed by atoms with E-state index in [2.05, 4.69) is 10.6 Å². The summed E-state index contributed by atoms with van der Waals surface area (Å²) in [6, 6.07) is 16.5. The van der Waals surface area contributed by atoms with Gasteiger partial charge in [0.15, 0.2) is 0 Å². The van der Waals surface area contributed by atoms with Gasteiger partial charge >= 0.3 is 0 Å². The van der Waals surface area contributed by atoms with E-state index in [1.165, 1.54) is 4.31 Å². The molecule has 26 heavy (non-hydrogen) atoms. The van der Waals surface area contributed by atoms with Crippen LogP contribution in [0.25, 0.3) is 0 Å². The molecule has 138 valence electrons. The average molecular weight is 373 g/mol. The van der Waals surface area contributed by atoms with Gasteiger partial charge < -0.3 is 10.6 Å². The molecule has 2 N–H and O–H groups in total. The molecule has 0 aliphatic carbocycles. The van der Waals surface area contributed by atoms with E-state index in [0.29, 0.717) is 18.7 Å². The van der Waals surface area contributed by atoms with E-state index in [-0.39, 0.29) is 5.91 Å². The highest BCUT2D eigenvalue weighted by Crippen LogP contribution is 2.23.